The van der Waals surface area contributed by atoms with Gasteiger partial charge in [-0.15, -0.1) is 0 Å². The van der Waals surface area contributed by atoms with E-state index in [-0.39, 0.29) is 5.56 Å². The zero-order valence-corrected chi connectivity index (χ0v) is 9.22. The van der Waals surface area contributed by atoms with Crippen molar-refractivity contribution < 1.29 is 9.50 Å². The number of phenolic OH excluding ortho intramolecular Hbond substituents is 1. The molecule has 1 heterocycles. The molecule has 0 fully saturated rings. The van der Waals surface area contributed by atoms with Crippen molar-refractivity contribution in [2.45, 2.75) is 13.5 Å². The fraction of sp³-hybridized carbons (Fsp3) is 0.167. The Morgan fingerprint density at radius 2 is 2.12 bits per heavy atom. The summed E-state index contributed by atoms with van der Waals surface area (Å²) in [5.41, 5.74) is 0.809. The zero-order valence-electron chi connectivity index (χ0n) is 9.22. The molecular weight excluding hydrogens is 223 g/mol. The summed E-state index contributed by atoms with van der Waals surface area (Å²) in [6.45, 7) is 2.25. The number of nitrogens with zero attached hydrogens (tertiary/aromatic N) is 2. The van der Waals surface area contributed by atoms with Gasteiger partial charge in [-0.25, -0.2) is 9.07 Å². The van der Waals surface area contributed by atoms with Gasteiger partial charge in [0, 0.05) is 18.2 Å². The highest BCUT2D eigenvalue weighted by molar-refractivity contribution is 5.59. The van der Waals surface area contributed by atoms with Gasteiger partial charge in [-0.1, -0.05) is 0 Å². The quantitative estimate of drug-likeness (QED) is 0.861. The molecule has 0 aliphatic heterocycles. The Hall–Kier alpha value is -2.17. The zero-order chi connectivity index (χ0) is 12.4. The van der Waals surface area contributed by atoms with Crippen LogP contribution in [0.2, 0.25) is 0 Å². The molecule has 0 aliphatic rings. The van der Waals surface area contributed by atoms with Gasteiger partial charge in [0.1, 0.15) is 0 Å². The van der Waals surface area contributed by atoms with Crippen molar-refractivity contribution in [1.82, 2.24) is 9.78 Å². The molecule has 0 aliphatic carbocycles. The van der Waals surface area contributed by atoms with Crippen LogP contribution in [-0.2, 0) is 6.54 Å². The lowest BCUT2D eigenvalue weighted by atomic mass is 10.1. The summed E-state index contributed by atoms with van der Waals surface area (Å²) in [7, 11) is 0. The van der Waals surface area contributed by atoms with Crippen molar-refractivity contribution in [2.75, 3.05) is 0 Å². The molecule has 1 N–H and O–H groups in total. The Kier molecular flexibility index (Phi) is 2.91. The van der Waals surface area contributed by atoms with Crippen LogP contribution in [0.15, 0.2) is 35.1 Å². The lowest BCUT2D eigenvalue weighted by Crippen LogP contribution is -2.20. The third-order valence-corrected chi connectivity index (χ3v) is 2.41. The van der Waals surface area contributed by atoms with E-state index in [9.17, 15) is 9.18 Å². The first kappa shape index (κ1) is 11.3. The molecule has 0 bridgehead atoms. The molecule has 0 atom stereocenters. The lowest BCUT2D eigenvalue weighted by Gasteiger charge is -2.05. The van der Waals surface area contributed by atoms with E-state index in [2.05, 4.69) is 5.10 Å². The van der Waals surface area contributed by atoms with E-state index in [1.165, 1.54) is 28.9 Å². The van der Waals surface area contributed by atoms with Crippen LogP contribution >= 0.6 is 0 Å². The van der Waals surface area contributed by atoms with Gasteiger partial charge in [0.15, 0.2) is 11.6 Å². The first-order valence-electron chi connectivity index (χ1n) is 5.19. The number of aromatic hydroxyl groups is 1. The average molecular weight is 234 g/mol. The fourth-order valence-electron chi connectivity index (χ4n) is 1.50. The number of benzene rings is 1. The Labute approximate surface area is 97.0 Å². The van der Waals surface area contributed by atoms with Crippen LogP contribution in [0.1, 0.15) is 6.92 Å². The summed E-state index contributed by atoms with van der Waals surface area (Å²) in [6, 6.07) is 6.90. The minimum atomic E-state index is -0.710. The van der Waals surface area contributed by atoms with Crippen LogP contribution in [0.3, 0.4) is 0 Å². The minimum Gasteiger partial charge on any atom is -0.505 e. The van der Waals surface area contributed by atoms with Crippen molar-refractivity contribution in [3.8, 4) is 17.0 Å². The molecule has 0 saturated heterocycles. The highest BCUT2D eigenvalue weighted by Crippen LogP contribution is 2.22. The molecule has 17 heavy (non-hydrogen) atoms. The molecule has 5 heteroatoms. The van der Waals surface area contributed by atoms with Gasteiger partial charge in [-0.3, -0.25) is 4.79 Å². The Bertz CT molecular complexity index is 608. The summed E-state index contributed by atoms with van der Waals surface area (Å²) in [5, 5.41) is 13.2. The Morgan fingerprint density at radius 1 is 1.35 bits per heavy atom. The van der Waals surface area contributed by atoms with Crippen molar-refractivity contribution >= 4 is 0 Å². The SMILES string of the molecule is CCn1nc(-c2ccc(O)c(F)c2)ccc1=O. The van der Waals surface area contributed by atoms with Crippen LogP contribution < -0.4 is 5.56 Å². The summed E-state index contributed by atoms with van der Waals surface area (Å²) >= 11 is 0. The minimum absolute atomic E-state index is 0.199. The maximum atomic E-state index is 13.2. The number of aryl methyl sites for hydroxylation is 1. The van der Waals surface area contributed by atoms with Crippen LogP contribution in [0.25, 0.3) is 11.3 Å². The Balaban J connectivity index is 2.53. The molecule has 4 nitrogen and oxygen atoms in total. The molecule has 2 rings (SSSR count). The normalized spacial score (nSPS) is 10.5. The number of hydrogen-bond donors (Lipinski definition) is 1. The second-order valence-corrected chi connectivity index (χ2v) is 3.54. The van der Waals surface area contributed by atoms with Crippen LogP contribution in [0.4, 0.5) is 4.39 Å². The molecule has 0 unspecified atom stereocenters. The largest absolute Gasteiger partial charge is 0.505 e. The highest BCUT2D eigenvalue weighted by atomic mass is 19.1. The number of phenols is 1. The second kappa shape index (κ2) is 4.37. The van der Waals surface area contributed by atoms with Gasteiger partial charge in [0.2, 0.25) is 0 Å². The molecule has 0 radical (unpaired) electrons. The maximum absolute atomic E-state index is 13.2. The predicted octanol–water partition coefficient (Wildman–Crippen LogP) is 1.77. The van der Waals surface area contributed by atoms with Crippen molar-refractivity contribution in [2.24, 2.45) is 0 Å². The van der Waals surface area contributed by atoms with Gasteiger partial charge >= 0.3 is 0 Å². The van der Waals surface area contributed by atoms with Crippen LogP contribution in [-0.4, -0.2) is 14.9 Å². The standard InChI is InChI=1S/C12H11FN2O2/c1-2-15-12(17)6-4-10(14-15)8-3-5-11(16)9(13)7-8/h3-7,16H,2H2,1H3. The molecule has 1 aromatic carbocycles. The summed E-state index contributed by atoms with van der Waals surface area (Å²) in [6.07, 6.45) is 0. The summed E-state index contributed by atoms with van der Waals surface area (Å²) in [4.78, 5) is 11.3. The maximum Gasteiger partial charge on any atom is 0.266 e. The van der Waals surface area contributed by atoms with E-state index in [4.69, 9.17) is 5.11 Å². The second-order valence-electron chi connectivity index (χ2n) is 3.54. The number of aromatic nitrogens is 2. The van der Waals surface area contributed by atoms with Gasteiger partial charge in [-0.05, 0) is 31.2 Å². The molecule has 0 spiro atoms. The highest BCUT2D eigenvalue weighted by Gasteiger charge is 2.06. The molecule has 1 aromatic heterocycles. The number of rotatable bonds is 2. The molecular formula is C12H11FN2O2. The van der Waals surface area contributed by atoms with E-state index in [1.807, 2.05) is 0 Å². The van der Waals surface area contributed by atoms with E-state index in [0.29, 0.717) is 17.8 Å². The van der Waals surface area contributed by atoms with Gasteiger partial charge < -0.3 is 5.11 Å². The van der Waals surface area contributed by atoms with E-state index in [1.54, 1.807) is 13.0 Å². The van der Waals surface area contributed by atoms with Gasteiger partial charge in [-0.2, -0.15) is 5.10 Å². The monoisotopic (exact) mass is 234 g/mol. The van der Waals surface area contributed by atoms with Crippen LogP contribution in [0.5, 0.6) is 5.75 Å². The first-order chi connectivity index (χ1) is 8.11. The van der Waals surface area contributed by atoms with E-state index in [0.717, 1.165) is 0 Å². The smallest absolute Gasteiger partial charge is 0.266 e. The van der Waals surface area contributed by atoms with Gasteiger partial charge in [0.05, 0.1) is 5.69 Å². The lowest BCUT2D eigenvalue weighted by molar-refractivity contribution is 0.432. The van der Waals surface area contributed by atoms with Crippen molar-refractivity contribution in [1.29, 1.82) is 0 Å². The first-order valence-corrected chi connectivity index (χ1v) is 5.19. The predicted molar refractivity (Wildman–Crippen MR) is 61.2 cm³/mol. The van der Waals surface area contributed by atoms with Crippen molar-refractivity contribution in [3.63, 3.8) is 0 Å². The third kappa shape index (κ3) is 2.18. The molecule has 0 amide bonds. The van der Waals surface area contributed by atoms with Crippen LogP contribution in [0, 0.1) is 5.82 Å². The number of halogens is 1. The average Bonchev–Trinajstić information content (AvgIpc) is 2.33. The van der Waals surface area contributed by atoms with E-state index >= 15 is 0 Å². The molecule has 88 valence electrons. The fourth-order valence-corrected chi connectivity index (χ4v) is 1.50. The molecule has 2 aromatic rings. The topological polar surface area (TPSA) is 55.1 Å². The molecule has 0 saturated carbocycles. The van der Waals surface area contributed by atoms with E-state index < -0.39 is 11.6 Å². The summed E-state index contributed by atoms with van der Waals surface area (Å²) < 4.78 is 14.5. The Morgan fingerprint density at radius 3 is 2.76 bits per heavy atom. The van der Waals surface area contributed by atoms with Gasteiger partial charge in [0.25, 0.3) is 5.56 Å². The summed E-state index contributed by atoms with van der Waals surface area (Å²) in [5.74, 6) is -1.11. The van der Waals surface area contributed by atoms with Crippen molar-refractivity contribution in [3.05, 3.63) is 46.5 Å². The number of hydrogen-bond acceptors (Lipinski definition) is 3. The third-order valence-electron chi connectivity index (χ3n) is 2.41.